The number of esters is 1. The molecule has 32 heavy (non-hydrogen) atoms. The second-order valence-corrected chi connectivity index (χ2v) is 7.54. The summed E-state index contributed by atoms with van der Waals surface area (Å²) in [7, 11) is 0. The summed E-state index contributed by atoms with van der Waals surface area (Å²) in [6.45, 7) is 0.241. The Balaban J connectivity index is 0.00000289. The minimum absolute atomic E-state index is 0. The van der Waals surface area contributed by atoms with E-state index in [0.717, 1.165) is 22.3 Å². The molecule has 0 saturated heterocycles. The molecular weight excluding hydrogens is 418 g/mol. The highest BCUT2D eigenvalue weighted by molar-refractivity contribution is 5.85. The predicted octanol–water partition coefficient (Wildman–Crippen LogP) is 6.06. The SMILES string of the molecule is Cl.N[C@@H](Cc1ccc(-c2ccc(-c3ccccc3)cc2)cc1)C(=O)OCc1ccccc1. The quantitative estimate of drug-likeness (QED) is 0.353. The summed E-state index contributed by atoms with van der Waals surface area (Å²) in [6.07, 6.45) is 0.445. The topological polar surface area (TPSA) is 52.3 Å². The standard InChI is InChI=1S/C28H25NO2.ClH/c29-27(28(30)31-20-22-7-3-1-4-8-22)19-21-11-13-24(14-12-21)26-17-15-25(16-18-26)23-9-5-2-6-10-23;/h1-18,27H,19-20,29H2;1H/t27-;/m0./s1. The van der Waals surface area contributed by atoms with Crippen LogP contribution in [0.3, 0.4) is 0 Å². The number of halogens is 1. The molecule has 2 N–H and O–H groups in total. The van der Waals surface area contributed by atoms with E-state index in [-0.39, 0.29) is 25.0 Å². The summed E-state index contributed by atoms with van der Waals surface area (Å²) in [4.78, 5) is 12.2. The first-order valence-electron chi connectivity index (χ1n) is 10.4. The molecule has 0 bridgehead atoms. The first-order valence-corrected chi connectivity index (χ1v) is 10.4. The highest BCUT2D eigenvalue weighted by Crippen LogP contribution is 2.25. The van der Waals surface area contributed by atoms with Crippen LogP contribution in [0, 0.1) is 0 Å². The van der Waals surface area contributed by atoms with Gasteiger partial charge in [-0.25, -0.2) is 0 Å². The van der Waals surface area contributed by atoms with E-state index in [1.54, 1.807) is 0 Å². The predicted molar refractivity (Wildman–Crippen MR) is 132 cm³/mol. The van der Waals surface area contributed by atoms with Crippen molar-refractivity contribution in [1.82, 2.24) is 0 Å². The summed E-state index contributed by atoms with van der Waals surface area (Å²) < 4.78 is 5.34. The zero-order valence-corrected chi connectivity index (χ0v) is 18.5. The first kappa shape index (κ1) is 23.3. The van der Waals surface area contributed by atoms with Crippen LogP contribution < -0.4 is 5.73 Å². The molecule has 4 aromatic carbocycles. The van der Waals surface area contributed by atoms with Crippen LogP contribution in [0.25, 0.3) is 22.3 Å². The van der Waals surface area contributed by atoms with Crippen molar-refractivity contribution in [2.45, 2.75) is 19.1 Å². The van der Waals surface area contributed by atoms with Gasteiger partial charge in [-0.2, -0.15) is 0 Å². The van der Waals surface area contributed by atoms with Gasteiger partial charge < -0.3 is 10.5 Å². The van der Waals surface area contributed by atoms with Gasteiger partial charge in [0.2, 0.25) is 0 Å². The summed E-state index contributed by atoms with van der Waals surface area (Å²) in [5.41, 5.74) is 12.7. The van der Waals surface area contributed by atoms with Crippen molar-refractivity contribution in [2.24, 2.45) is 5.73 Å². The zero-order valence-electron chi connectivity index (χ0n) is 17.7. The van der Waals surface area contributed by atoms with Crippen molar-refractivity contribution in [3.05, 3.63) is 120 Å². The molecular formula is C28H26ClNO2. The van der Waals surface area contributed by atoms with Gasteiger partial charge >= 0.3 is 5.97 Å². The number of carbonyl (C=O) groups is 1. The van der Waals surface area contributed by atoms with Crippen molar-refractivity contribution in [3.63, 3.8) is 0 Å². The molecule has 3 nitrogen and oxygen atoms in total. The highest BCUT2D eigenvalue weighted by atomic mass is 35.5. The number of ether oxygens (including phenoxy) is 1. The van der Waals surface area contributed by atoms with Crippen LogP contribution >= 0.6 is 12.4 Å². The Morgan fingerprint density at radius 3 is 1.59 bits per heavy atom. The van der Waals surface area contributed by atoms with E-state index in [2.05, 4.69) is 48.5 Å². The molecule has 0 unspecified atom stereocenters. The third-order valence-electron chi connectivity index (χ3n) is 5.26. The fraction of sp³-hybridized carbons (Fsp3) is 0.107. The smallest absolute Gasteiger partial charge is 0.323 e. The Bertz CT molecular complexity index is 1110. The molecule has 0 spiro atoms. The molecule has 0 aliphatic heterocycles. The van der Waals surface area contributed by atoms with Crippen molar-refractivity contribution >= 4 is 18.4 Å². The largest absolute Gasteiger partial charge is 0.460 e. The molecule has 0 fully saturated rings. The van der Waals surface area contributed by atoms with Crippen molar-refractivity contribution in [2.75, 3.05) is 0 Å². The van der Waals surface area contributed by atoms with E-state index in [0.29, 0.717) is 6.42 Å². The second-order valence-electron chi connectivity index (χ2n) is 7.54. The molecule has 0 saturated carbocycles. The van der Waals surface area contributed by atoms with Crippen molar-refractivity contribution in [3.8, 4) is 22.3 Å². The normalized spacial score (nSPS) is 11.3. The monoisotopic (exact) mass is 443 g/mol. The molecule has 0 aromatic heterocycles. The molecule has 1 atom stereocenters. The maximum atomic E-state index is 12.2. The van der Waals surface area contributed by atoms with Gasteiger partial charge in [-0.05, 0) is 39.8 Å². The molecule has 4 aromatic rings. The third kappa shape index (κ3) is 6.07. The minimum Gasteiger partial charge on any atom is -0.460 e. The van der Waals surface area contributed by atoms with Crippen molar-refractivity contribution < 1.29 is 9.53 Å². The zero-order chi connectivity index (χ0) is 21.5. The Labute approximate surface area is 195 Å². The molecule has 0 radical (unpaired) electrons. The Morgan fingerprint density at radius 2 is 1.06 bits per heavy atom. The maximum absolute atomic E-state index is 12.2. The van der Waals surface area contributed by atoms with E-state index in [9.17, 15) is 4.79 Å². The van der Waals surface area contributed by atoms with Crippen LogP contribution in [-0.4, -0.2) is 12.0 Å². The van der Waals surface area contributed by atoms with Gasteiger partial charge in [-0.3, -0.25) is 4.79 Å². The van der Waals surface area contributed by atoms with Gasteiger partial charge in [0.1, 0.15) is 12.6 Å². The number of hydrogen-bond acceptors (Lipinski definition) is 3. The lowest BCUT2D eigenvalue weighted by Crippen LogP contribution is -2.34. The van der Waals surface area contributed by atoms with E-state index in [1.807, 2.05) is 60.7 Å². The van der Waals surface area contributed by atoms with Crippen LogP contribution in [0.15, 0.2) is 109 Å². The number of rotatable bonds is 7. The lowest BCUT2D eigenvalue weighted by molar-refractivity contribution is -0.146. The Kier molecular flexibility index (Phi) is 8.20. The summed E-state index contributed by atoms with van der Waals surface area (Å²) in [6, 6.07) is 36.0. The molecule has 0 aliphatic carbocycles. The maximum Gasteiger partial charge on any atom is 0.323 e. The number of carbonyl (C=O) groups excluding carboxylic acids is 1. The summed E-state index contributed by atoms with van der Waals surface area (Å²) in [5, 5.41) is 0. The van der Waals surface area contributed by atoms with Crippen LogP contribution in [-0.2, 0) is 22.6 Å². The second kappa shape index (κ2) is 11.3. The molecule has 0 amide bonds. The lowest BCUT2D eigenvalue weighted by atomic mass is 9.98. The molecule has 0 aliphatic rings. The molecule has 0 heterocycles. The van der Waals surface area contributed by atoms with E-state index in [1.165, 1.54) is 11.1 Å². The van der Waals surface area contributed by atoms with Gasteiger partial charge in [-0.1, -0.05) is 109 Å². The van der Waals surface area contributed by atoms with E-state index < -0.39 is 6.04 Å². The van der Waals surface area contributed by atoms with Gasteiger partial charge in [0, 0.05) is 0 Å². The summed E-state index contributed by atoms with van der Waals surface area (Å²) in [5.74, 6) is -0.385. The van der Waals surface area contributed by atoms with Crippen LogP contribution in [0.5, 0.6) is 0 Å². The van der Waals surface area contributed by atoms with Gasteiger partial charge in [0.15, 0.2) is 0 Å². The molecule has 4 heteroatoms. The lowest BCUT2D eigenvalue weighted by Gasteiger charge is -2.12. The van der Waals surface area contributed by atoms with Crippen LogP contribution in [0.2, 0.25) is 0 Å². The molecule has 162 valence electrons. The minimum atomic E-state index is -0.681. The summed E-state index contributed by atoms with van der Waals surface area (Å²) >= 11 is 0. The van der Waals surface area contributed by atoms with E-state index in [4.69, 9.17) is 10.5 Å². The first-order chi connectivity index (χ1) is 15.2. The van der Waals surface area contributed by atoms with Crippen LogP contribution in [0.1, 0.15) is 11.1 Å². The van der Waals surface area contributed by atoms with Crippen LogP contribution in [0.4, 0.5) is 0 Å². The highest BCUT2D eigenvalue weighted by Gasteiger charge is 2.16. The Morgan fingerprint density at radius 1 is 0.625 bits per heavy atom. The van der Waals surface area contributed by atoms with Gasteiger partial charge in [0.25, 0.3) is 0 Å². The molecule has 4 rings (SSSR count). The average Bonchev–Trinajstić information content (AvgIpc) is 2.84. The average molecular weight is 444 g/mol. The van der Waals surface area contributed by atoms with Crippen molar-refractivity contribution in [1.29, 1.82) is 0 Å². The van der Waals surface area contributed by atoms with E-state index >= 15 is 0 Å². The van der Waals surface area contributed by atoms with Gasteiger partial charge in [0.05, 0.1) is 0 Å². The number of hydrogen-bond donors (Lipinski definition) is 1. The fourth-order valence-electron chi connectivity index (χ4n) is 3.49. The number of nitrogens with two attached hydrogens (primary N) is 1. The Hall–Kier alpha value is -3.40. The van der Waals surface area contributed by atoms with Gasteiger partial charge in [-0.15, -0.1) is 12.4 Å². The fourth-order valence-corrected chi connectivity index (χ4v) is 3.49. The number of benzene rings is 4. The third-order valence-corrected chi connectivity index (χ3v) is 5.26.